The Morgan fingerprint density at radius 2 is 2.15 bits per heavy atom. The normalized spacial score (nSPS) is 13.8. The Hall–Kier alpha value is -2.67. The molecule has 1 fully saturated rings. The first-order chi connectivity index (χ1) is 12.6. The Morgan fingerprint density at radius 3 is 2.88 bits per heavy atom. The number of pyridine rings is 1. The van der Waals surface area contributed by atoms with Crippen LogP contribution in [0, 0.1) is 0 Å². The van der Waals surface area contributed by atoms with Crippen LogP contribution in [0.15, 0.2) is 30.9 Å². The summed E-state index contributed by atoms with van der Waals surface area (Å²) in [6.45, 7) is 2.32. The molecule has 0 atom stereocenters. The van der Waals surface area contributed by atoms with Crippen molar-refractivity contribution in [3.63, 3.8) is 0 Å². The number of fused-ring (bicyclic) bond motifs is 1. The van der Waals surface area contributed by atoms with Gasteiger partial charge in [0.1, 0.15) is 23.7 Å². The molecule has 0 unspecified atom stereocenters. The zero-order valence-corrected chi connectivity index (χ0v) is 14.9. The number of nitrogens with zero attached hydrogens (tertiary/aromatic N) is 4. The number of rotatable bonds is 6. The van der Waals surface area contributed by atoms with E-state index in [2.05, 4.69) is 15.0 Å². The first-order valence-corrected chi connectivity index (χ1v) is 8.81. The van der Waals surface area contributed by atoms with Crippen molar-refractivity contribution in [3.05, 3.63) is 52.8 Å². The van der Waals surface area contributed by atoms with Gasteiger partial charge in [-0.3, -0.25) is 0 Å². The van der Waals surface area contributed by atoms with E-state index in [0.29, 0.717) is 40.5 Å². The number of imidazole rings is 1. The fourth-order valence-corrected chi connectivity index (χ4v) is 2.92. The van der Waals surface area contributed by atoms with Crippen LogP contribution in [-0.4, -0.2) is 31.9 Å². The molecule has 3 aromatic rings. The van der Waals surface area contributed by atoms with Crippen LogP contribution in [0.4, 0.5) is 0 Å². The third kappa shape index (κ3) is 3.48. The molecule has 8 heteroatoms. The lowest BCUT2D eigenvalue weighted by molar-refractivity contribution is 0.0528. The fourth-order valence-electron chi connectivity index (χ4n) is 2.78. The molecule has 7 nitrogen and oxygen atoms in total. The third-order valence-electron chi connectivity index (χ3n) is 4.14. The lowest BCUT2D eigenvalue weighted by Crippen LogP contribution is -2.08. The van der Waals surface area contributed by atoms with Gasteiger partial charge in [-0.15, -0.1) is 0 Å². The zero-order chi connectivity index (χ0) is 18.1. The number of carbonyl (C=O) groups excluding carboxylic acids is 1. The van der Waals surface area contributed by atoms with Crippen LogP contribution in [0.5, 0.6) is 5.88 Å². The van der Waals surface area contributed by atoms with Crippen molar-refractivity contribution in [2.45, 2.75) is 32.3 Å². The molecule has 3 aromatic heterocycles. The Morgan fingerprint density at radius 1 is 1.31 bits per heavy atom. The van der Waals surface area contributed by atoms with Crippen LogP contribution in [0.2, 0.25) is 5.15 Å². The molecule has 1 saturated carbocycles. The molecule has 1 aliphatic rings. The van der Waals surface area contributed by atoms with Crippen molar-refractivity contribution in [3.8, 4) is 5.88 Å². The van der Waals surface area contributed by atoms with Crippen LogP contribution in [0.3, 0.4) is 0 Å². The van der Waals surface area contributed by atoms with Crippen molar-refractivity contribution in [1.29, 1.82) is 0 Å². The Kier molecular flexibility index (Phi) is 4.46. The maximum absolute atomic E-state index is 12.3. The van der Waals surface area contributed by atoms with E-state index in [1.807, 2.05) is 22.9 Å². The quantitative estimate of drug-likeness (QED) is 0.487. The van der Waals surface area contributed by atoms with Gasteiger partial charge in [0.05, 0.1) is 12.3 Å². The van der Waals surface area contributed by atoms with E-state index in [1.54, 1.807) is 6.92 Å². The molecule has 4 rings (SSSR count). The number of hydrogen-bond donors (Lipinski definition) is 0. The summed E-state index contributed by atoms with van der Waals surface area (Å²) >= 11 is 5.83. The second kappa shape index (κ2) is 6.92. The predicted octanol–water partition coefficient (Wildman–Crippen LogP) is 3.41. The average molecular weight is 373 g/mol. The first-order valence-electron chi connectivity index (χ1n) is 8.43. The van der Waals surface area contributed by atoms with Gasteiger partial charge in [-0.05, 0) is 37.3 Å². The molecule has 0 spiro atoms. The van der Waals surface area contributed by atoms with E-state index < -0.39 is 0 Å². The summed E-state index contributed by atoms with van der Waals surface area (Å²) < 4.78 is 12.7. The number of carbonyl (C=O) groups is 1. The number of aromatic nitrogens is 4. The van der Waals surface area contributed by atoms with Gasteiger partial charge in [0.2, 0.25) is 5.88 Å². The number of ether oxygens (including phenoxy) is 2. The van der Waals surface area contributed by atoms with E-state index in [0.717, 1.165) is 18.4 Å². The maximum atomic E-state index is 12.3. The molecule has 0 amide bonds. The average Bonchev–Trinajstić information content (AvgIpc) is 3.39. The highest BCUT2D eigenvalue weighted by atomic mass is 35.5. The molecule has 26 heavy (non-hydrogen) atoms. The number of esters is 1. The molecular formula is C18H17ClN4O3. The van der Waals surface area contributed by atoms with Crippen LogP contribution in [-0.2, 0) is 11.3 Å². The molecule has 0 N–H and O–H groups in total. The molecule has 134 valence electrons. The van der Waals surface area contributed by atoms with Crippen LogP contribution in [0.25, 0.3) is 5.65 Å². The van der Waals surface area contributed by atoms with E-state index >= 15 is 0 Å². The fraction of sp³-hybridized carbons (Fsp3) is 0.333. The number of halogens is 1. The van der Waals surface area contributed by atoms with Crippen LogP contribution in [0.1, 0.15) is 47.3 Å². The second-order valence-electron chi connectivity index (χ2n) is 6.11. The minimum absolute atomic E-state index is 0.204. The highest BCUT2D eigenvalue weighted by Crippen LogP contribution is 2.40. The smallest absolute Gasteiger partial charge is 0.341 e. The summed E-state index contributed by atoms with van der Waals surface area (Å²) in [5.74, 6) is 0.518. The van der Waals surface area contributed by atoms with E-state index in [4.69, 9.17) is 21.1 Å². The van der Waals surface area contributed by atoms with E-state index in [1.165, 1.54) is 12.4 Å². The summed E-state index contributed by atoms with van der Waals surface area (Å²) in [6.07, 6.45) is 7.50. The topological polar surface area (TPSA) is 78.6 Å². The zero-order valence-electron chi connectivity index (χ0n) is 14.2. The number of hydrogen-bond acceptors (Lipinski definition) is 6. The molecule has 0 bridgehead atoms. The van der Waals surface area contributed by atoms with Crippen molar-refractivity contribution in [2.75, 3.05) is 6.61 Å². The highest BCUT2D eigenvalue weighted by molar-refractivity contribution is 6.29. The molecule has 0 radical (unpaired) electrons. The van der Waals surface area contributed by atoms with Gasteiger partial charge in [-0.2, -0.15) is 0 Å². The van der Waals surface area contributed by atoms with Crippen molar-refractivity contribution >= 4 is 23.2 Å². The lowest BCUT2D eigenvalue weighted by atomic mass is 10.1. The minimum Gasteiger partial charge on any atom is -0.471 e. The maximum Gasteiger partial charge on any atom is 0.341 e. The molecule has 0 saturated heterocycles. The molecule has 0 aliphatic heterocycles. The van der Waals surface area contributed by atoms with Crippen molar-refractivity contribution in [1.82, 2.24) is 19.4 Å². The predicted molar refractivity (Wildman–Crippen MR) is 94.5 cm³/mol. The van der Waals surface area contributed by atoms with Gasteiger partial charge >= 0.3 is 5.97 Å². The van der Waals surface area contributed by atoms with Gasteiger partial charge in [0, 0.05) is 18.5 Å². The van der Waals surface area contributed by atoms with Crippen molar-refractivity contribution in [2.24, 2.45) is 0 Å². The lowest BCUT2D eigenvalue weighted by Gasteiger charge is -2.06. The minimum atomic E-state index is -0.361. The van der Waals surface area contributed by atoms with Gasteiger partial charge < -0.3 is 13.9 Å². The Bertz CT molecular complexity index is 968. The standard InChI is InChI=1S/C18H17ClN4O3/c1-2-25-18(24)14-5-12(11-3-4-11)7-23-8-13(22-17(14)23)9-26-16-6-15(19)20-10-21-16/h5-8,10-11H,2-4,9H2,1H3. The van der Waals surface area contributed by atoms with Gasteiger partial charge in [-0.25, -0.2) is 19.7 Å². The monoisotopic (exact) mass is 372 g/mol. The Balaban J connectivity index is 1.64. The Labute approximate surface area is 155 Å². The summed E-state index contributed by atoms with van der Waals surface area (Å²) in [7, 11) is 0. The third-order valence-corrected chi connectivity index (χ3v) is 4.35. The first kappa shape index (κ1) is 16.8. The van der Waals surface area contributed by atoms with Crippen LogP contribution >= 0.6 is 11.6 Å². The molecule has 0 aromatic carbocycles. The second-order valence-corrected chi connectivity index (χ2v) is 6.50. The highest BCUT2D eigenvalue weighted by Gasteiger charge is 2.26. The largest absolute Gasteiger partial charge is 0.471 e. The van der Waals surface area contributed by atoms with Crippen molar-refractivity contribution < 1.29 is 14.3 Å². The van der Waals surface area contributed by atoms with E-state index in [9.17, 15) is 4.79 Å². The van der Waals surface area contributed by atoms with Gasteiger partial charge in [0.25, 0.3) is 0 Å². The summed E-state index contributed by atoms with van der Waals surface area (Å²) in [4.78, 5) is 24.7. The summed E-state index contributed by atoms with van der Waals surface area (Å²) in [6, 6.07) is 3.43. The van der Waals surface area contributed by atoms with E-state index in [-0.39, 0.29) is 12.6 Å². The van der Waals surface area contributed by atoms with Gasteiger partial charge in [-0.1, -0.05) is 11.6 Å². The summed E-state index contributed by atoms with van der Waals surface area (Å²) in [5, 5.41) is 0.309. The summed E-state index contributed by atoms with van der Waals surface area (Å²) in [5.41, 5.74) is 2.85. The molecule has 1 aliphatic carbocycles. The van der Waals surface area contributed by atoms with Gasteiger partial charge in [0.15, 0.2) is 5.65 Å². The SMILES string of the molecule is CCOC(=O)c1cc(C2CC2)cn2cc(COc3cc(Cl)ncn3)nc12. The molecule has 3 heterocycles. The van der Waals surface area contributed by atoms with Crippen LogP contribution < -0.4 is 4.74 Å². The molecular weight excluding hydrogens is 356 g/mol.